The van der Waals surface area contributed by atoms with Crippen molar-refractivity contribution in [2.24, 2.45) is 0 Å². The smallest absolute Gasteiger partial charge is 0.296 e. The fourth-order valence-electron chi connectivity index (χ4n) is 2.00. The topological polar surface area (TPSA) is 87.7 Å². The van der Waals surface area contributed by atoms with Gasteiger partial charge in [-0.15, -0.1) is 0 Å². The van der Waals surface area contributed by atoms with Gasteiger partial charge in [0.2, 0.25) is 0 Å². The molecule has 0 fully saturated rings. The van der Waals surface area contributed by atoms with E-state index in [1.165, 1.54) is 24.3 Å². The molecule has 3 aromatic rings. The lowest BCUT2D eigenvalue weighted by molar-refractivity contribution is 0.262. The molecule has 0 saturated carbocycles. The van der Waals surface area contributed by atoms with Crippen LogP contribution in [0.3, 0.4) is 0 Å². The molecular weight excluding hydrogens is 224 g/mol. The van der Waals surface area contributed by atoms with Crippen molar-refractivity contribution in [1.82, 2.24) is 0 Å². The number of hydrogen-bond acceptors (Lipinski definition) is 5. The van der Waals surface area contributed by atoms with E-state index in [0.717, 1.165) is 0 Å². The molecule has 17 heavy (non-hydrogen) atoms. The van der Waals surface area contributed by atoms with Crippen LogP contribution in [0.1, 0.15) is 0 Å². The lowest BCUT2D eigenvalue weighted by Crippen LogP contribution is -2.05. The molecule has 0 unspecified atom stereocenters. The van der Waals surface area contributed by atoms with Gasteiger partial charge in [-0.1, -0.05) is 12.1 Å². The highest BCUT2D eigenvalue weighted by Gasteiger charge is 2.17. The summed E-state index contributed by atoms with van der Waals surface area (Å²) in [4.78, 5) is 23.2. The van der Waals surface area contributed by atoms with Gasteiger partial charge in [0.05, 0.1) is 0 Å². The standard InChI is InChI=1S/C12H6O5/c13-6-3-1-5-2-4-7(14)10-8(5)9(6)11(15)17-12(10)16/h1-4,15-16H. The molecule has 0 radical (unpaired) electrons. The Balaban J connectivity index is 2.86. The first kappa shape index (κ1) is 9.65. The molecular formula is C12H6O5. The lowest BCUT2D eigenvalue weighted by Gasteiger charge is -2.05. The van der Waals surface area contributed by atoms with Crippen molar-refractivity contribution in [2.75, 3.05) is 0 Å². The molecule has 2 N–H and O–H groups in total. The van der Waals surface area contributed by atoms with Crippen molar-refractivity contribution in [3.8, 4) is 11.9 Å². The minimum absolute atomic E-state index is 0.0898. The highest BCUT2D eigenvalue weighted by atomic mass is 16.5. The first-order valence-electron chi connectivity index (χ1n) is 4.84. The normalized spacial score (nSPS) is 11.3. The van der Waals surface area contributed by atoms with Crippen LogP contribution in [0.5, 0.6) is 11.9 Å². The summed E-state index contributed by atoms with van der Waals surface area (Å²) in [5.41, 5.74) is -0.927. The van der Waals surface area contributed by atoms with Crippen molar-refractivity contribution in [1.29, 1.82) is 0 Å². The summed E-state index contributed by atoms with van der Waals surface area (Å²) in [7, 11) is 0. The zero-order valence-corrected chi connectivity index (χ0v) is 8.43. The third-order valence-electron chi connectivity index (χ3n) is 2.73. The highest BCUT2D eigenvalue weighted by Crippen LogP contribution is 2.34. The van der Waals surface area contributed by atoms with Crippen LogP contribution in [0.4, 0.5) is 0 Å². The summed E-state index contributed by atoms with van der Waals surface area (Å²) < 4.78 is 4.61. The maximum atomic E-state index is 11.6. The number of hydrogen-bond donors (Lipinski definition) is 2. The predicted octanol–water partition coefficient (Wildman–Crippen LogP) is 1.16. The van der Waals surface area contributed by atoms with Gasteiger partial charge in [-0.05, 0) is 17.5 Å². The van der Waals surface area contributed by atoms with Crippen LogP contribution in [0, 0.1) is 0 Å². The van der Waals surface area contributed by atoms with Crippen LogP contribution in [-0.4, -0.2) is 10.2 Å². The Bertz CT molecular complexity index is 781. The van der Waals surface area contributed by atoms with E-state index >= 15 is 0 Å². The third kappa shape index (κ3) is 1.13. The average molecular weight is 230 g/mol. The van der Waals surface area contributed by atoms with Gasteiger partial charge < -0.3 is 14.6 Å². The van der Waals surface area contributed by atoms with Gasteiger partial charge in [-0.2, -0.15) is 0 Å². The van der Waals surface area contributed by atoms with Gasteiger partial charge in [-0.3, -0.25) is 9.59 Å². The number of rotatable bonds is 0. The summed E-state index contributed by atoms with van der Waals surface area (Å²) in [6.45, 7) is 0. The number of aromatic hydroxyl groups is 2. The van der Waals surface area contributed by atoms with E-state index in [4.69, 9.17) is 0 Å². The Morgan fingerprint density at radius 3 is 1.71 bits per heavy atom. The molecule has 1 heterocycles. The molecule has 0 atom stereocenters. The van der Waals surface area contributed by atoms with Gasteiger partial charge >= 0.3 is 0 Å². The van der Waals surface area contributed by atoms with Gasteiger partial charge in [0.25, 0.3) is 11.9 Å². The van der Waals surface area contributed by atoms with Gasteiger partial charge in [0, 0.05) is 5.39 Å². The van der Waals surface area contributed by atoms with Crippen molar-refractivity contribution in [3.63, 3.8) is 0 Å². The van der Waals surface area contributed by atoms with Crippen LogP contribution < -0.4 is 10.9 Å². The van der Waals surface area contributed by atoms with Gasteiger partial charge in [-0.25, -0.2) is 0 Å². The predicted molar refractivity (Wildman–Crippen MR) is 60.8 cm³/mol. The molecule has 5 heteroatoms. The first-order chi connectivity index (χ1) is 8.09. The Morgan fingerprint density at radius 1 is 0.765 bits per heavy atom. The van der Waals surface area contributed by atoms with Crippen molar-refractivity contribution >= 4 is 21.5 Å². The third-order valence-corrected chi connectivity index (χ3v) is 2.73. The van der Waals surface area contributed by atoms with E-state index in [1.54, 1.807) is 0 Å². The Morgan fingerprint density at radius 2 is 1.24 bits per heavy atom. The fraction of sp³-hybridized carbons (Fsp3) is 0. The van der Waals surface area contributed by atoms with E-state index in [-0.39, 0.29) is 16.2 Å². The van der Waals surface area contributed by atoms with Gasteiger partial charge in [0.1, 0.15) is 10.8 Å². The Hall–Kier alpha value is -2.56. The van der Waals surface area contributed by atoms with Crippen molar-refractivity contribution in [2.45, 2.75) is 0 Å². The van der Waals surface area contributed by atoms with E-state index in [0.29, 0.717) is 5.39 Å². The molecule has 0 aliphatic carbocycles. The largest absolute Gasteiger partial charge is 0.480 e. The molecule has 0 saturated heterocycles. The minimum Gasteiger partial charge on any atom is -0.480 e. The summed E-state index contributed by atoms with van der Waals surface area (Å²) in [6.07, 6.45) is 0. The Kier molecular flexibility index (Phi) is 1.69. The summed E-state index contributed by atoms with van der Waals surface area (Å²) >= 11 is 0. The molecule has 2 aromatic carbocycles. The second-order valence-corrected chi connectivity index (χ2v) is 3.69. The summed E-state index contributed by atoms with van der Waals surface area (Å²) in [5, 5.41) is 19.7. The fourth-order valence-corrected chi connectivity index (χ4v) is 2.00. The molecule has 5 nitrogen and oxygen atoms in total. The molecule has 0 bridgehead atoms. The van der Waals surface area contributed by atoms with E-state index in [2.05, 4.69) is 4.42 Å². The summed E-state index contributed by atoms with van der Waals surface area (Å²) in [5.74, 6) is -1.37. The molecule has 84 valence electrons. The second kappa shape index (κ2) is 2.98. The maximum absolute atomic E-state index is 11.6. The second-order valence-electron chi connectivity index (χ2n) is 3.69. The molecule has 0 amide bonds. The molecule has 0 aliphatic rings. The molecule has 1 aromatic heterocycles. The van der Waals surface area contributed by atoms with Gasteiger partial charge in [0.15, 0.2) is 10.9 Å². The maximum Gasteiger partial charge on any atom is 0.296 e. The zero-order chi connectivity index (χ0) is 12.2. The molecule has 0 aliphatic heterocycles. The quantitative estimate of drug-likeness (QED) is 0.605. The number of benzene rings is 2. The van der Waals surface area contributed by atoms with Crippen LogP contribution in [-0.2, 0) is 0 Å². The first-order valence-corrected chi connectivity index (χ1v) is 4.84. The van der Waals surface area contributed by atoms with Crippen molar-refractivity contribution in [3.05, 3.63) is 44.7 Å². The van der Waals surface area contributed by atoms with Crippen LogP contribution in [0.2, 0.25) is 0 Å². The van der Waals surface area contributed by atoms with Crippen LogP contribution >= 0.6 is 0 Å². The van der Waals surface area contributed by atoms with Crippen molar-refractivity contribution < 1.29 is 14.6 Å². The highest BCUT2D eigenvalue weighted by molar-refractivity contribution is 6.12. The average Bonchev–Trinajstić information content (AvgIpc) is 2.27. The zero-order valence-electron chi connectivity index (χ0n) is 8.43. The monoisotopic (exact) mass is 230 g/mol. The summed E-state index contributed by atoms with van der Waals surface area (Å²) in [6, 6.07) is 5.59. The van der Waals surface area contributed by atoms with Crippen LogP contribution in [0.25, 0.3) is 21.5 Å². The molecule has 0 spiro atoms. The minimum atomic E-state index is -0.684. The lowest BCUT2D eigenvalue weighted by atomic mass is 10.0. The van der Waals surface area contributed by atoms with E-state index in [1.807, 2.05) is 0 Å². The Labute approximate surface area is 93.5 Å². The SMILES string of the molecule is O=c1ccc2ccc(=O)c3c(O)oc(O)c1c23. The molecule has 3 rings (SSSR count). The van der Waals surface area contributed by atoms with E-state index < -0.39 is 22.8 Å². The van der Waals surface area contributed by atoms with E-state index in [9.17, 15) is 19.8 Å². The van der Waals surface area contributed by atoms with Crippen LogP contribution in [0.15, 0.2) is 38.3 Å².